The van der Waals surface area contributed by atoms with Crippen LogP contribution in [-0.2, 0) is 0 Å². The van der Waals surface area contributed by atoms with Crippen LogP contribution in [0.15, 0.2) is 217 Å². The molecule has 0 radical (unpaired) electrons. The highest BCUT2D eigenvalue weighted by Gasteiger charge is 2.41. The van der Waals surface area contributed by atoms with Gasteiger partial charge in [-0.3, -0.25) is 0 Å². The van der Waals surface area contributed by atoms with Crippen molar-refractivity contribution in [1.29, 1.82) is 0 Å². The maximum absolute atomic E-state index is 6.57. The number of nitrogens with zero attached hydrogens (tertiary/aromatic N) is 1. The Morgan fingerprint density at radius 3 is 1.31 bits per heavy atom. The predicted octanol–water partition coefficient (Wildman–Crippen LogP) is 10.7. The second kappa shape index (κ2) is 14.1. The molecule has 9 aromatic rings. The molecule has 0 saturated carbocycles. The van der Waals surface area contributed by atoms with Gasteiger partial charge in [0.2, 0.25) is 0 Å². The van der Waals surface area contributed by atoms with E-state index >= 15 is 0 Å². The molecular weight excluding hydrogens is 647 g/mol. The molecule has 1 heterocycles. The summed E-state index contributed by atoms with van der Waals surface area (Å²) in [6.07, 6.45) is 0. The fourth-order valence-corrected chi connectivity index (χ4v) is 12.6. The van der Waals surface area contributed by atoms with E-state index in [-0.39, 0.29) is 7.43 Å². The van der Waals surface area contributed by atoms with Gasteiger partial charge in [0, 0.05) is 16.8 Å². The van der Waals surface area contributed by atoms with E-state index in [4.69, 9.17) is 4.42 Å². The van der Waals surface area contributed by atoms with Gasteiger partial charge in [-0.15, -0.1) is 0 Å². The highest BCUT2D eigenvalue weighted by Crippen LogP contribution is 2.45. The summed E-state index contributed by atoms with van der Waals surface area (Å²) in [6.45, 7) is 0. The summed E-state index contributed by atoms with van der Waals surface area (Å²) >= 11 is 0. The van der Waals surface area contributed by atoms with Gasteiger partial charge in [0.25, 0.3) is 0 Å². The predicted molar refractivity (Wildman–Crippen MR) is 224 cm³/mol. The monoisotopic (exact) mass is 685 g/mol. The summed E-state index contributed by atoms with van der Waals surface area (Å²) in [5, 5.41) is 7.63. The summed E-state index contributed by atoms with van der Waals surface area (Å²) in [5.74, 6) is 0. The molecule has 0 unspecified atom stereocenters. The van der Waals surface area contributed by atoms with Crippen LogP contribution in [0.5, 0.6) is 0 Å². The average molecular weight is 686 g/mol. The third-order valence-electron chi connectivity index (χ3n) is 10.0. The van der Waals surface area contributed by atoms with Crippen molar-refractivity contribution in [2.24, 2.45) is 0 Å². The van der Waals surface area contributed by atoms with E-state index in [1.165, 1.54) is 26.3 Å². The zero-order chi connectivity index (χ0) is 34.0. The highest BCUT2D eigenvalue weighted by molar-refractivity contribution is 7.19. The molecule has 0 spiro atoms. The molecule has 0 aliphatic heterocycles. The SMILES string of the molecule is C.c1ccc(-c2cccc3oc4cccc(N(c5ccccc5)c5ccc([Si](c6ccccc6)(c6ccccc6)c6ccccc6)cc5)c4c23)cc1. The Morgan fingerprint density at radius 1 is 0.346 bits per heavy atom. The van der Waals surface area contributed by atoms with Crippen molar-refractivity contribution in [1.82, 2.24) is 0 Å². The van der Waals surface area contributed by atoms with Gasteiger partial charge >= 0.3 is 0 Å². The lowest BCUT2D eigenvalue weighted by molar-refractivity contribution is 0.669. The minimum Gasteiger partial charge on any atom is -0.456 e. The minimum absolute atomic E-state index is 0. The normalized spacial score (nSPS) is 11.3. The highest BCUT2D eigenvalue weighted by atomic mass is 28.3. The lowest BCUT2D eigenvalue weighted by Crippen LogP contribution is -2.74. The molecule has 250 valence electrons. The van der Waals surface area contributed by atoms with E-state index in [1.54, 1.807) is 0 Å². The summed E-state index contributed by atoms with van der Waals surface area (Å²) < 4.78 is 6.57. The first-order valence-corrected chi connectivity index (χ1v) is 19.4. The molecule has 0 fully saturated rings. The molecule has 0 amide bonds. The number of hydrogen-bond acceptors (Lipinski definition) is 2. The smallest absolute Gasteiger partial charge is 0.179 e. The average Bonchev–Trinajstić information content (AvgIpc) is 3.61. The molecule has 0 aliphatic carbocycles. The second-order valence-electron chi connectivity index (χ2n) is 12.9. The lowest BCUT2D eigenvalue weighted by atomic mass is 9.98. The van der Waals surface area contributed by atoms with Crippen LogP contribution in [0.25, 0.3) is 33.1 Å². The number of fused-ring (bicyclic) bond motifs is 3. The molecule has 1 aromatic heterocycles. The van der Waals surface area contributed by atoms with E-state index in [0.29, 0.717) is 0 Å². The summed E-state index contributed by atoms with van der Waals surface area (Å²) in [4.78, 5) is 2.37. The molecule has 52 heavy (non-hydrogen) atoms. The van der Waals surface area contributed by atoms with Crippen LogP contribution in [0.2, 0.25) is 0 Å². The number of benzene rings is 8. The first-order valence-electron chi connectivity index (χ1n) is 17.4. The first kappa shape index (κ1) is 32.8. The molecule has 0 atom stereocenters. The Kier molecular flexibility index (Phi) is 8.86. The van der Waals surface area contributed by atoms with Gasteiger partial charge in [-0.05, 0) is 74.3 Å². The number of rotatable bonds is 8. The Hall–Kier alpha value is -6.42. The number of furan rings is 1. The van der Waals surface area contributed by atoms with Gasteiger partial charge in [0.15, 0.2) is 8.07 Å². The van der Waals surface area contributed by atoms with Gasteiger partial charge < -0.3 is 9.32 Å². The fourth-order valence-electron chi connectivity index (χ4n) is 7.82. The van der Waals surface area contributed by atoms with Crippen molar-refractivity contribution in [3.63, 3.8) is 0 Å². The fraction of sp³-hybridized carbons (Fsp3) is 0.0204. The third kappa shape index (κ3) is 5.52. The van der Waals surface area contributed by atoms with Crippen molar-refractivity contribution in [2.75, 3.05) is 4.90 Å². The van der Waals surface area contributed by atoms with E-state index in [0.717, 1.165) is 44.6 Å². The maximum Gasteiger partial charge on any atom is 0.179 e. The lowest BCUT2D eigenvalue weighted by Gasteiger charge is -2.35. The van der Waals surface area contributed by atoms with Crippen LogP contribution in [0.3, 0.4) is 0 Å². The van der Waals surface area contributed by atoms with Gasteiger partial charge in [0.1, 0.15) is 11.2 Å². The zero-order valence-corrected chi connectivity index (χ0v) is 29.1. The summed E-state index contributed by atoms with van der Waals surface area (Å²) in [6, 6.07) is 76.6. The number of hydrogen-bond donors (Lipinski definition) is 0. The molecule has 0 bridgehead atoms. The van der Waals surface area contributed by atoms with Gasteiger partial charge in [-0.2, -0.15) is 0 Å². The van der Waals surface area contributed by atoms with Crippen LogP contribution >= 0.6 is 0 Å². The van der Waals surface area contributed by atoms with Crippen molar-refractivity contribution >= 4 is 67.8 Å². The minimum atomic E-state index is -2.66. The Labute approximate surface area is 306 Å². The van der Waals surface area contributed by atoms with Crippen LogP contribution < -0.4 is 25.6 Å². The zero-order valence-electron chi connectivity index (χ0n) is 28.1. The van der Waals surface area contributed by atoms with E-state index in [2.05, 4.69) is 217 Å². The van der Waals surface area contributed by atoms with Crippen molar-refractivity contribution in [3.8, 4) is 11.1 Å². The molecule has 0 saturated heterocycles. The number of para-hydroxylation sites is 1. The van der Waals surface area contributed by atoms with Crippen molar-refractivity contribution in [3.05, 3.63) is 212 Å². The Balaban J connectivity index is 0.00000387. The van der Waals surface area contributed by atoms with Crippen LogP contribution in [-0.4, -0.2) is 8.07 Å². The van der Waals surface area contributed by atoms with E-state index in [1.807, 2.05) is 0 Å². The Bertz CT molecular complexity index is 2450. The molecule has 0 N–H and O–H groups in total. The summed E-state index contributed by atoms with van der Waals surface area (Å²) in [5.41, 5.74) is 7.32. The second-order valence-corrected chi connectivity index (χ2v) is 16.7. The standard InChI is InChI=1S/C48H35NOSi.CH4/c1-6-18-36(19-7-1)43-28-16-30-45-47(43)48-44(29-17-31-46(48)50-45)49(37-20-8-2-9-21-37)38-32-34-42(35-33-38)51(39-22-10-3-11-23-39,40-24-12-4-13-25-40)41-26-14-5-15-27-41;/h1-35H;1H4. The first-order chi connectivity index (χ1) is 25.3. The third-order valence-corrected chi connectivity index (χ3v) is 14.8. The van der Waals surface area contributed by atoms with Crippen LogP contribution in [0.1, 0.15) is 7.43 Å². The summed E-state index contributed by atoms with van der Waals surface area (Å²) in [7, 11) is -2.66. The Morgan fingerprint density at radius 2 is 0.769 bits per heavy atom. The molecule has 8 aromatic carbocycles. The molecular formula is C49H39NOSi. The largest absolute Gasteiger partial charge is 0.456 e. The van der Waals surface area contributed by atoms with E-state index < -0.39 is 8.07 Å². The topological polar surface area (TPSA) is 16.4 Å². The van der Waals surface area contributed by atoms with Gasteiger partial charge in [0.05, 0.1) is 11.1 Å². The van der Waals surface area contributed by atoms with Crippen molar-refractivity contribution in [2.45, 2.75) is 7.43 Å². The molecule has 3 heteroatoms. The quantitative estimate of drug-likeness (QED) is 0.117. The molecule has 0 aliphatic rings. The number of anilines is 3. The van der Waals surface area contributed by atoms with Gasteiger partial charge in [-0.25, -0.2) is 0 Å². The van der Waals surface area contributed by atoms with Crippen molar-refractivity contribution < 1.29 is 4.42 Å². The van der Waals surface area contributed by atoms with Crippen LogP contribution in [0.4, 0.5) is 17.1 Å². The van der Waals surface area contributed by atoms with E-state index in [9.17, 15) is 0 Å². The molecule has 9 rings (SSSR count). The van der Waals surface area contributed by atoms with Crippen LogP contribution in [0, 0.1) is 0 Å². The van der Waals surface area contributed by atoms with Gasteiger partial charge in [-0.1, -0.05) is 177 Å². The molecule has 2 nitrogen and oxygen atoms in total. The maximum atomic E-state index is 6.57.